The molecule has 0 aliphatic heterocycles. The quantitative estimate of drug-likeness (QED) is 0.497. The lowest BCUT2D eigenvalue weighted by Crippen LogP contribution is -3.00. The van der Waals surface area contributed by atoms with Crippen LogP contribution in [0.2, 0.25) is 0 Å². The van der Waals surface area contributed by atoms with Crippen LogP contribution in [0.25, 0.3) is 0 Å². The van der Waals surface area contributed by atoms with Crippen LogP contribution < -0.4 is 17.0 Å². The summed E-state index contributed by atoms with van der Waals surface area (Å²) in [6.07, 6.45) is 0. The van der Waals surface area contributed by atoms with Gasteiger partial charge >= 0.3 is 0 Å². The van der Waals surface area contributed by atoms with Crippen LogP contribution in [-0.2, 0) is 5.16 Å². The molecule has 0 nitrogen and oxygen atoms in total. The average Bonchev–Trinajstić information content (AvgIpc) is 2.56. The third-order valence-corrected chi connectivity index (χ3v) is 4.69. The average molecular weight is 356 g/mol. The van der Waals surface area contributed by atoms with Gasteiger partial charge in [-0.15, -0.1) is 9.24 Å². The number of hydrogen-bond donors (Lipinski definition) is 0. The summed E-state index contributed by atoms with van der Waals surface area (Å²) in [4.78, 5) is 0. The van der Waals surface area contributed by atoms with Crippen LogP contribution in [0.4, 0.5) is 0 Å². The highest BCUT2D eigenvalue weighted by atomic mass is 79.9. The van der Waals surface area contributed by atoms with Crippen molar-refractivity contribution in [1.82, 2.24) is 0 Å². The van der Waals surface area contributed by atoms with Gasteiger partial charge in [-0.1, -0.05) is 91.0 Å². The van der Waals surface area contributed by atoms with Crippen LogP contribution in [0.5, 0.6) is 0 Å². The Hall–Kier alpha value is -1.43. The van der Waals surface area contributed by atoms with Crippen molar-refractivity contribution >= 4 is 9.24 Å². The zero-order chi connectivity index (χ0) is 13.8. The number of rotatable bonds is 3. The molecule has 21 heavy (non-hydrogen) atoms. The summed E-state index contributed by atoms with van der Waals surface area (Å²) in [7, 11) is 3.06. The molecule has 0 heterocycles. The molecule has 106 valence electrons. The monoisotopic (exact) mass is 355 g/mol. The second kappa shape index (κ2) is 7.02. The van der Waals surface area contributed by atoms with Crippen LogP contribution >= 0.6 is 9.24 Å². The van der Waals surface area contributed by atoms with Gasteiger partial charge in [0.2, 0.25) is 0 Å². The summed E-state index contributed by atoms with van der Waals surface area (Å²) in [6.45, 7) is 0. The van der Waals surface area contributed by atoms with E-state index in [1.165, 1.54) is 16.7 Å². The summed E-state index contributed by atoms with van der Waals surface area (Å²) in [5.74, 6) is 0. The number of benzene rings is 3. The Morgan fingerprint density at radius 1 is 0.476 bits per heavy atom. The van der Waals surface area contributed by atoms with E-state index < -0.39 is 0 Å². The van der Waals surface area contributed by atoms with E-state index in [0.29, 0.717) is 0 Å². The second-order valence-corrected chi connectivity index (χ2v) is 5.77. The molecular formula is C19H17BrP-. The summed E-state index contributed by atoms with van der Waals surface area (Å²) >= 11 is 0. The van der Waals surface area contributed by atoms with Crippen LogP contribution in [0.15, 0.2) is 91.0 Å². The molecule has 2 heteroatoms. The Labute approximate surface area is 139 Å². The van der Waals surface area contributed by atoms with Gasteiger partial charge in [0.25, 0.3) is 0 Å². The lowest BCUT2D eigenvalue weighted by Gasteiger charge is -2.31. The van der Waals surface area contributed by atoms with Crippen LogP contribution in [-0.4, -0.2) is 0 Å². The molecular weight excluding hydrogens is 339 g/mol. The molecule has 0 saturated heterocycles. The minimum atomic E-state index is -0.205. The van der Waals surface area contributed by atoms with Crippen molar-refractivity contribution in [3.8, 4) is 0 Å². The molecule has 0 fully saturated rings. The molecule has 3 aromatic rings. The van der Waals surface area contributed by atoms with Crippen molar-refractivity contribution in [2.75, 3.05) is 0 Å². The maximum Gasteiger partial charge on any atom is 0.0591 e. The Morgan fingerprint density at radius 2 is 0.714 bits per heavy atom. The smallest absolute Gasteiger partial charge is 0.0591 e. The largest absolute Gasteiger partial charge is 1.00 e. The third-order valence-electron chi connectivity index (χ3n) is 3.69. The molecule has 1 unspecified atom stereocenters. The summed E-state index contributed by atoms with van der Waals surface area (Å²) < 4.78 is 0. The van der Waals surface area contributed by atoms with Crippen molar-refractivity contribution in [2.45, 2.75) is 5.16 Å². The van der Waals surface area contributed by atoms with Gasteiger partial charge in [-0.25, -0.2) is 0 Å². The fourth-order valence-corrected chi connectivity index (χ4v) is 3.18. The predicted octanol–water partition coefficient (Wildman–Crippen LogP) is 1.86. The van der Waals surface area contributed by atoms with Crippen LogP contribution in [0, 0.1) is 0 Å². The molecule has 0 spiro atoms. The van der Waals surface area contributed by atoms with Crippen molar-refractivity contribution in [2.24, 2.45) is 0 Å². The van der Waals surface area contributed by atoms with E-state index >= 15 is 0 Å². The van der Waals surface area contributed by atoms with Crippen molar-refractivity contribution in [3.05, 3.63) is 108 Å². The van der Waals surface area contributed by atoms with E-state index in [1.807, 2.05) is 0 Å². The highest BCUT2D eigenvalue weighted by molar-refractivity contribution is 7.19. The fraction of sp³-hybridized carbons (Fsp3) is 0.0526. The van der Waals surface area contributed by atoms with Gasteiger partial charge in [-0.3, -0.25) is 0 Å². The molecule has 0 aromatic heterocycles. The molecule has 0 aliphatic rings. The first-order chi connectivity index (χ1) is 9.82. The van der Waals surface area contributed by atoms with Crippen molar-refractivity contribution in [3.63, 3.8) is 0 Å². The first-order valence-corrected chi connectivity index (χ1v) is 7.35. The standard InChI is InChI=1S/C19H17P.BrH/c20-19(16-10-4-1-5-11-16,17-12-6-2-7-13-17)18-14-8-3-9-15-18;/h1-15H,20H2;1H/p-1. The van der Waals surface area contributed by atoms with Crippen molar-refractivity contribution < 1.29 is 17.0 Å². The van der Waals surface area contributed by atoms with Gasteiger partial charge in [0.05, 0.1) is 5.16 Å². The normalized spacial score (nSPS) is 10.7. The molecule has 0 bridgehead atoms. The lowest BCUT2D eigenvalue weighted by molar-refractivity contribution is -0.00000378. The van der Waals surface area contributed by atoms with E-state index in [9.17, 15) is 0 Å². The Morgan fingerprint density at radius 3 is 0.952 bits per heavy atom. The summed E-state index contributed by atoms with van der Waals surface area (Å²) in [5, 5.41) is -0.205. The molecule has 0 aliphatic carbocycles. The van der Waals surface area contributed by atoms with E-state index in [-0.39, 0.29) is 22.1 Å². The van der Waals surface area contributed by atoms with E-state index in [4.69, 9.17) is 0 Å². The molecule has 0 radical (unpaired) electrons. The lowest BCUT2D eigenvalue weighted by atomic mass is 9.84. The fourth-order valence-electron chi connectivity index (χ4n) is 2.60. The SMILES string of the molecule is PC(c1ccccc1)(c1ccccc1)c1ccccc1.[Br-]. The number of halogens is 1. The molecule has 3 rings (SSSR count). The van der Waals surface area contributed by atoms with Gasteiger partial charge in [-0.2, -0.15) is 0 Å². The third kappa shape index (κ3) is 3.10. The first-order valence-electron chi connectivity index (χ1n) is 6.77. The minimum absolute atomic E-state index is 0. The van der Waals surface area contributed by atoms with Crippen LogP contribution in [0.1, 0.15) is 16.7 Å². The molecule has 0 saturated carbocycles. The predicted molar refractivity (Wildman–Crippen MR) is 88.9 cm³/mol. The Balaban J connectivity index is 0.00000161. The topological polar surface area (TPSA) is 0 Å². The second-order valence-electron chi connectivity index (χ2n) is 4.91. The van der Waals surface area contributed by atoms with Gasteiger partial charge in [-0.05, 0) is 16.7 Å². The highest BCUT2D eigenvalue weighted by Crippen LogP contribution is 2.44. The van der Waals surface area contributed by atoms with Gasteiger partial charge in [0.15, 0.2) is 0 Å². The molecule has 1 atom stereocenters. The number of hydrogen-bond acceptors (Lipinski definition) is 0. The maximum atomic E-state index is 3.06. The van der Waals surface area contributed by atoms with E-state index in [0.717, 1.165) is 0 Å². The Kier molecular flexibility index (Phi) is 5.33. The molecule has 3 aromatic carbocycles. The molecule has 0 N–H and O–H groups in total. The zero-order valence-corrected chi connectivity index (χ0v) is 14.4. The minimum Gasteiger partial charge on any atom is -1.00 e. The van der Waals surface area contributed by atoms with E-state index in [2.05, 4.69) is 100 Å². The highest BCUT2D eigenvalue weighted by Gasteiger charge is 2.30. The van der Waals surface area contributed by atoms with Gasteiger partial charge < -0.3 is 17.0 Å². The van der Waals surface area contributed by atoms with E-state index in [1.54, 1.807) is 0 Å². The van der Waals surface area contributed by atoms with Crippen LogP contribution in [0.3, 0.4) is 0 Å². The Bertz CT molecular complexity index is 569. The zero-order valence-electron chi connectivity index (χ0n) is 11.6. The van der Waals surface area contributed by atoms with Crippen molar-refractivity contribution in [1.29, 1.82) is 0 Å². The van der Waals surface area contributed by atoms with Gasteiger partial charge in [0.1, 0.15) is 0 Å². The first kappa shape index (κ1) is 15.9. The summed E-state index contributed by atoms with van der Waals surface area (Å²) in [6, 6.07) is 31.9. The van der Waals surface area contributed by atoms with Gasteiger partial charge in [0, 0.05) is 0 Å². The summed E-state index contributed by atoms with van der Waals surface area (Å²) in [5.41, 5.74) is 3.84. The molecule has 0 amide bonds. The maximum absolute atomic E-state index is 3.06.